The fourth-order valence-electron chi connectivity index (χ4n) is 2.54. The summed E-state index contributed by atoms with van der Waals surface area (Å²) in [6, 6.07) is 16.6. The van der Waals surface area contributed by atoms with Crippen LogP contribution in [0.1, 0.15) is 10.4 Å². The van der Waals surface area contributed by atoms with Crippen molar-refractivity contribution < 1.29 is 9.21 Å². The Morgan fingerprint density at radius 1 is 1.15 bits per heavy atom. The highest BCUT2D eigenvalue weighted by molar-refractivity contribution is 9.10. The number of hydrogen-bond acceptors (Lipinski definition) is 6. The van der Waals surface area contributed by atoms with E-state index < -0.39 is 5.63 Å². The van der Waals surface area contributed by atoms with Crippen molar-refractivity contribution in [2.45, 2.75) is 4.34 Å². The Kier molecular flexibility index (Phi) is 5.24. The minimum absolute atomic E-state index is 0.0749. The Morgan fingerprint density at radius 2 is 1.93 bits per heavy atom. The van der Waals surface area contributed by atoms with Crippen LogP contribution < -0.4 is 5.63 Å². The number of nitrogens with zero attached hydrogens (tertiary/aromatic N) is 1. The molecule has 0 fully saturated rings. The maximum Gasteiger partial charge on any atom is 0.347 e. The number of ketones is 1. The average Bonchev–Trinajstić information content (AvgIpc) is 3.15. The number of thioether (sulfide) groups is 1. The Hall–Kier alpha value is -2.22. The van der Waals surface area contributed by atoms with Crippen LogP contribution in [0, 0.1) is 0 Å². The van der Waals surface area contributed by atoms with Gasteiger partial charge in [0.2, 0.25) is 0 Å². The summed E-state index contributed by atoms with van der Waals surface area (Å²) in [5.74, 6) is -0.129. The van der Waals surface area contributed by atoms with E-state index in [-0.39, 0.29) is 17.1 Å². The standard InChI is InChI=1S/C20H12BrNO3S2/c21-14-7-5-12(6-8-14)16-10-26-20(22-16)27-11-17(23)15-9-13-3-1-2-4-18(13)25-19(15)24/h1-10H,11H2. The van der Waals surface area contributed by atoms with E-state index >= 15 is 0 Å². The summed E-state index contributed by atoms with van der Waals surface area (Å²) in [4.78, 5) is 29.1. The molecule has 2 heterocycles. The van der Waals surface area contributed by atoms with Gasteiger partial charge >= 0.3 is 5.63 Å². The van der Waals surface area contributed by atoms with Crippen LogP contribution in [-0.2, 0) is 0 Å². The minimum atomic E-state index is -0.603. The van der Waals surface area contributed by atoms with Crippen LogP contribution in [0.4, 0.5) is 0 Å². The van der Waals surface area contributed by atoms with Crippen LogP contribution in [0.5, 0.6) is 0 Å². The zero-order valence-corrected chi connectivity index (χ0v) is 17.1. The molecule has 0 aliphatic carbocycles. The smallest absolute Gasteiger partial charge is 0.347 e. The largest absolute Gasteiger partial charge is 0.422 e. The molecule has 2 aromatic heterocycles. The number of rotatable bonds is 5. The van der Waals surface area contributed by atoms with Crippen LogP contribution in [0.25, 0.3) is 22.2 Å². The molecule has 0 spiro atoms. The molecular formula is C20H12BrNO3S2. The van der Waals surface area contributed by atoms with Gasteiger partial charge in [0.15, 0.2) is 10.1 Å². The number of benzene rings is 2. The topological polar surface area (TPSA) is 60.2 Å². The number of thiazole rings is 1. The fourth-order valence-corrected chi connectivity index (χ4v) is 4.52. The number of aromatic nitrogens is 1. The third kappa shape index (κ3) is 4.05. The maximum atomic E-state index is 12.5. The summed E-state index contributed by atoms with van der Waals surface area (Å²) < 4.78 is 7.03. The highest BCUT2D eigenvalue weighted by Gasteiger charge is 2.15. The molecular weight excluding hydrogens is 446 g/mol. The summed E-state index contributed by atoms with van der Waals surface area (Å²) in [5, 5.41) is 2.69. The monoisotopic (exact) mass is 457 g/mol. The lowest BCUT2D eigenvalue weighted by atomic mass is 10.1. The van der Waals surface area contributed by atoms with Crippen molar-refractivity contribution in [1.82, 2.24) is 4.98 Å². The zero-order valence-electron chi connectivity index (χ0n) is 13.8. The molecule has 27 heavy (non-hydrogen) atoms. The van der Waals surface area contributed by atoms with E-state index in [0.717, 1.165) is 25.5 Å². The molecule has 0 aliphatic rings. The van der Waals surface area contributed by atoms with Crippen molar-refractivity contribution >= 4 is 55.8 Å². The number of para-hydroxylation sites is 1. The third-order valence-electron chi connectivity index (χ3n) is 3.89. The van der Waals surface area contributed by atoms with Gasteiger partial charge in [0.05, 0.1) is 11.4 Å². The van der Waals surface area contributed by atoms with E-state index in [1.54, 1.807) is 18.2 Å². The Bertz CT molecular complexity index is 1180. The molecule has 0 radical (unpaired) electrons. The van der Waals surface area contributed by atoms with Crippen LogP contribution in [0.2, 0.25) is 0 Å². The van der Waals surface area contributed by atoms with Gasteiger partial charge < -0.3 is 4.42 Å². The molecule has 0 aliphatic heterocycles. The summed E-state index contributed by atoms with van der Waals surface area (Å²) in [6.45, 7) is 0. The number of carbonyl (C=O) groups excluding carboxylic acids is 1. The normalized spacial score (nSPS) is 11.0. The second-order valence-corrected chi connectivity index (χ2v) is 8.70. The van der Waals surface area contributed by atoms with Crippen molar-refractivity contribution in [3.05, 3.63) is 80.4 Å². The number of hydrogen-bond donors (Lipinski definition) is 0. The van der Waals surface area contributed by atoms with Crippen molar-refractivity contribution in [2.75, 3.05) is 5.75 Å². The van der Waals surface area contributed by atoms with E-state index in [1.165, 1.54) is 23.1 Å². The van der Waals surface area contributed by atoms with E-state index in [1.807, 2.05) is 41.8 Å². The first-order valence-corrected chi connectivity index (χ1v) is 10.7. The average molecular weight is 458 g/mol. The van der Waals surface area contributed by atoms with Crippen molar-refractivity contribution in [3.8, 4) is 11.3 Å². The highest BCUT2D eigenvalue weighted by Crippen LogP contribution is 2.29. The van der Waals surface area contributed by atoms with Gasteiger partial charge in [0, 0.05) is 20.8 Å². The molecule has 0 N–H and O–H groups in total. The second-order valence-electron chi connectivity index (χ2n) is 5.70. The minimum Gasteiger partial charge on any atom is -0.422 e. The predicted octanol–water partition coefficient (Wildman–Crippen LogP) is 5.65. The number of fused-ring (bicyclic) bond motifs is 1. The van der Waals surface area contributed by atoms with Gasteiger partial charge in [-0.25, -0.2) is 9.78 Å². The first-order chi connectivity index (χ1) is 13.1. The first-order valence-electron chi connectivity index (χ1n) is 8.00. The lowest BCUT2D eigenvalue weighted by molar-refractivity contribution is 0.101. The molecule has 4 aromatic rings. The predicted molar refractivity (Wildman–Crippen MR) is 113 cm³/mol. The van der Waals surface area contributed by atoms with Crippen LogP contribution >= 0.6 is 39.0 Å². The Labute approximate surface area is 171 Å². The van der Waals surface area contributed by atoms with Crippen LogP contribution in [0.15, 0.2) is 78.0 Å². The van der Waals surface area contributed by atoms with Gasteiger partial charge in [-0.3, -0.25) is 4.79 Å². The van der Waals surface area contributed by atoms with Crippen molar-refractivity contribution in [3.63, 3.8) is 0 Å². The van der Waals surface area contributed by atoms with Gasteiger partial charge in [-0.15, -0.1) is 11.3 Å². The maximum absolute atomic E-state index is 12.5. The molecule has 4 rings (SSSR count). The molecule has 0 amide bonds. The van der Waals surface area contributed by atoms with Crippen molar-refractivity contribution in [1.29, 1.82) is 0 Å². The molecule has 0 bridgehead atoms. The van der Waals surface area contributed by atoms with Gasteiger partial charge in [0.25, 0.3) is 0 Å². The summed E-state index contributed by atoms with van der Waals surface area (Å²) in [6.07, 6.45) is 0. The lowest BCUT2D eigenvalue weighted by Crippen LogP contribution is -2.15. The summed E-state index contributed by atoms with van der Waals surface area (Å²) >= 11 is 6.22. The summed E-state index contributed by atoms with van der Waals surface area (Å²) in [5.41, 5.74) is 1.83. The first kappa shape index (κ1) is 18.2. The molecule has 7 heteroatoms. The van der Waals surface area contributed by atoms with E-state index in [0.29, 0.717) is 5.58 Å². The number of Topliss-reactive ketones (excluding diaryl/α,β-unsaturated/α-hetero) is 1. The highest BCUT2D eigenvalue weighted by atomic mass is 79.9. The quantitative estimate of drug-likeness (QED) is 0.220. The van der Waals surface area contributed by atoms with Gasteiger partial charge in [-0.05, 0) is 24.3 Å². The molecule has 0 unspecified atom stereocenters. The second kappa shape index (κ2) is 7.80. The SMILES string of the molecule is O=C(CSc1nc(-c2ccc(Br)cc2)cs1)c1cc2ccccc2oc1=O. The van der Waals surface area contributed by atoms with Crippen molar-refractivity contribution in [2.24, 2.45) is 0 Å². The zero-order chi connectivity index (χ0) is 18.8. The molecule has 0 saturated heterocycles. The molecule has 134 valence electrons. The lowest BCUT2D eigenvalue weighted by Gasteiger charge is -2.01. The third-order valence-corrected chi connectivity index (χ3v) is 6.44. The molecule has 0 atom stereocenters. The molecule has 4 nitrogen and oxygen atoms in total. The summed E-state index contributed by atoms with van der Waals surface area (Å²) in [7, 11) is 0. The van der Waals surface area contributed by atoms with Crippen LogP contribution in [0.3, 0.4) is 0 Å². The molecule has 2 aromatic carbocycles. The van der Waals surface area contributed by atoms with Gasteiger partial charge in [0.1, 0.15) is 11.1 Å². The number of halogens is 1. The molecule has 0 saturated carbocycles. The van der Waals surface area contributed by atoms with E-state index in [9.17, 15) is 9.59 Å². The van der Waals surface area contributed by atoms with Crippen LogP contribution in [-0.4, -0.2) is 16.5 Å². The van der Waals surface area contributed by atoms with Gasteiger partial charge in [-0.2, -0.15) is 0 Å². The van der Waals surface area contributed by atoms with E-state index in [2.05, 4.69) is 20.9 Å². The van der Waals surface area contributed by atoms with Gasteiger partial charge in [-0.1, -0.05) is 58.0 Å². The number of carbonyl (C=O) groups is 1. The fraction of sp³-hybridized carbons (Fsp3) is 0.0500. The Morgan fingerprint density at radius 3 is 2.74 bits per heavy atom. The Balaban J connectivity index is 1.49. The van der Waals surface area contributed by atoms with E-state index in [4.69, 9.17) is 4.42 Å².